The molecule has 2 atom stereocenters. The molecular formula is C14H22N4O3S. The lowest BCUT2D eigenvalue weighted by atomic mass is 10.1. The summed E-state index contributed by atoms with van der Waals surface area (Å²) in [5, 5.41) is 0. The average Bonchev–Trinajstić information content (AvgIpc) is 3.03. The standard InChI is InChI=1S/C14H22N4O3S/c1-10-7-17-5-3-4-11(17)8-18(10)22(20,21)12-6-13(14(15)19)16(2)9-12/h6,9-11H,3-5,7-8H2,1-2H3,(H2,15,19). The highest BCUT2D eigenvalue weighted by molar-refractivity contribution is 7.89. The van der Waals surface area contributed by atoms with Crippen molar-refractivity contribution in [3.63, 3.8) is 0 Å². The van der Waals surface area contributed by atoms with Gasteiger partial charge in [-0.1, -0.05) is 0 Å². The maximum absolute atomic E-state index is 12.9. The highest BCUT2D eigenvalue weighted by Crippen LogP contribution is 2.29. The van der Waals surface area contributed by atoms with Gasteiger partial charge >= 0.3 is 0 Å². The predicted octanol–water partition coefficient (Wildman–Crippen LogP) is -0.0188. The average molecular weight is 326 g/mol. The molecule has 2 aliphatic heterocycles. The third-order valence-corrected chi connectivity index (χ3v) is 6.66. The lowest BCUT2D eigenvalue weighted by molar-refractivity contribution is 0.0992. The van der Waals surface area contributed by atoms with Gasteiger partial charge in [0.2, 0.25) is 10.0 Å². The van der Waals surface area contributed by atoms with Crippen LogP contribution in [0.1, 0.15) is 30.3 Å². The lowest BCUT2D eigenvalue weighted by Crippen LogP contribution is -2.56. The Labute approximate surface area is 130 Å². The van der Waals surface area contributed by atoms with Crippen LogP contribution in [0.4, 0.5) is 0 Å². The summed E-state index contributed by atoms with van der Waals surface area (Å²) in [6.07, 6.45) is 3.63. The number of hydrogen-bond acceptors (Lipinski definition) is 4. The second-order valence-corrected chi connectivity index (χ2v) is 8.14. The Morgan fingerprint density at radius 1 is 1.36 bits per heavy atom. The fraction of sp³-hybridized carbons (Fsp3) is 0.643. The predicted molar refractivity (Wildman–Crippen MR) is 81.9 cm³/mol. The van der Waals surface area contributed by atoms with Crippen molar-refractivity contribution in [2.24, 2.45) is 12.8 Å². The fourth-order valence-corrected chi connectivity index (χ4v) is 5.28. The molecular weight excluding hydrogens is 304 g/mol. The maximum Gasteiger partial charge on any atom is 0.265 e. The number of sulfonamides is 1. The van der Waals surface area contributed by atoms with E-state index in [0.717, 1.165) is 25.9 Å². The highest BCUT2D eigenvalue weighted by atomic mass is 32.2. The quantitative estimate of drug-likeness (QED) is 0.845. The van der Waals surface area contributed by atoms with Crippen LogP contribution in [0.2, 0.25) is 0 Å². The number of piperazine rings is 1. The van der Waals surface area contributed by atoms with E-state index in [0.29, 0.717) is 12.6 Å². The summed E-state index contributed by atoms with van der Waals surface area (Å²) >= 11 is 0. The van der Waals surface area contributed by atoms with Gasteiger partial charge in [-0.05, 0) is 32.4 Å². The van der Waals surface area contributed by atoms with Gasteiger partial charge in [0, 0.05) is 38.4 Å². The number of carbonyl (C=O) groups is 1. The molecule has 2 aliphatic rings. The van der Waals surface area contributed by atoms with Crippen LogP contribution in [0.3, 0.4) is 0 Å². The summed E-state index contributed by atoms with van der Waals surface area (Å²) in [4.78, 5) is 13.9. The molecule has 22 heavy (non-hydrogen) atoms. The number of carbonyl (C=O) groups excluding carboxylic acids is 1. The summed E-state index contributed by atoms with van der Waals surface area (Å²) in [6, 6.07) is 1.60. The molecule has 0 saturated carbocycles. The SMILES string of the molecule is CC1CN2CCCC2CN1S(=O)(=O)c1cc(C(N)=O)n(C)c1. The second-order valence-electron chi connectivity index (χ2n) is 6.25. The van der Waals surface area contributed by atoms with Gasteiger partial charge in [0.15, 0.2) is 0 Å². The molecule has 122 valence electrons. The zero-order valence-electron chi connectivity index (χ0n) is 12.9. The van der Waals surface area contributed by atoms with E-state index in [1.54, 1.807) is 11.4 Å². The molecule has 1 aromatic rings. The molecule has 8 heteroatoms. The Morgan fingerprint density at radius 2 is 2.09 bits per heavy atom. The molecule has 2 saturated heterocycles. The highest BCUT2D eigenvalue weighted by Gasteiger charge is 2.40. The van der Waals surface area contributed by atoms with Crippen LogP contribution >= 0.6 is 0 Å². The van der Waals surface area contributed by atoms with E-state index in [4.69, 9.17) is 5.73 Å². The van der Waals surface area contributed by atoms with Crippen molar-refractivity contribution in [1.82, 2.24) is 13.8 Å². The number of hydrogen-bond donors (Lipinski definition) is 1. The largest absolute Gasteiger partial charge is 0.364 e. The molecule has 2 fully saturated rings. The maximum atomic E-state index is 12.9. The Morgan fingerprint density at radius 3 is 2.73 bits per heavy atom. The summed E-state index contributed by atoms with van der Waals surface area (Å²) in [5.74, 6) is -0.627. The molecule has 0 bridgehead atoms. The number of fused-ring (bicyclic) bond motifs is 1. The van der Waals surface area contributed by atoms with Crippen molar-refractivity contribution in [3.8, 4) is 0 Å². The summed E-state index contributed by atoms with van der Waals surface area (Å²) in [5.41, 5.74) is 5.47. The topological polar surface area (TPSA) is 88.6 Å². The van der Waals surface area contributed by atoms with E-state index < -0.39 is 15.9 Å². The van der Waals surface area contributed by atoms with Crippen molar-refractivity contribution in [2.75, 3.05) is 19.6 Å². The van der Waals surface area contributed by atoms with Gasteiger partial charge in [0.1, 0.15) is 10.6 Å². The molecule has 0 aromatic carbocycles. The van der Waals surface area contributed by atoms with E-state index in [1.165, 1.54) is 16.8 Å². The molecule has 1 amide bonds. The number of nitrogens with two attached hydrogens (primary N) is 1. The summed E-state index contributed by atoms with van der Waals surface area (Å²) in [6.45, 7) is 4.27. The minimum absolute atomic E-state index is 0.0726. The molecule has 0 spiro atoms. The van der Waals surface area contributed by atoms with Crippen LogP contribution in [-0.2, 0) is 17.1 Å². The van der Waals surface area contributed by atoms with Crippen LogP contribution in [0, 0.1) is 0 Å². The Hall–Kier alpha value is -1.38. The normalized spacial score (nSPS) is 27.0. The number of nitrogens with zero attached hydrogens (tertiary/aromatic N) is 3. The van der Waals surface area contributed by atoms with Crippen molar-refractivity contribution < 1.29 is 13.2 Å². The summed E-state index contributed by atoms with van der Waals surface area (Å²) < 4.78 is 28.9. The molecule has 0 aliphatic carbocycles. The minimum atomic E-state index is -3.61. The monoisotopic (exact) mass is 326 g/mol. The summed E-state index contributed by atoms with van der Waals surface area (Å²) in [7, 11) is -1.98. The van der Waals surface area contributed by atoms with E-state index in [-0.39, 0.29) is 16.6 Å². The Kier molecular flexibility index (Phi) is 3.78. The van der Waals surface area contributed by atoms with Crippen LogP contribution < -0.4 is 5.73 Å². The van der Waals surface area contributed by atoms with Gasteiger partial charge in [-0.15, -0.1) is 0 Å². The number of aromatic nitrogens is 1. The first-order valence-corrected chi connectivity index (χ1v) is 8.97. The van der Waals surface area contributed by atoms with Gasteiger partial charge in [-0.3, -0.25) is 9.69 Å². The van der Waals surface area contributed by atoms with Crippen molar-refractivity contribution in [3.05, 3.63) is 18.0 Å². The zero-order chi connectivity index (χ0) is 16.1. The van der Waals surface area contributed by atoms with E-state index in [9.17, 15) is 13.2 Å². The van der Waals surface area contributed by atoms with Crippen LogP contribution in [0.5, 0.6) is 0 Å². The molecule has 3 heterocycles. The fourth-order valence-electron chi connectivity index (χ4n) is 3.55. The van der Waals surface area contributed by atoms with Crippen molar-refractivity contribution in [1.29, 1.82) is 0 Å². The molecule has 2 N–H and O–H groups in total. The molecule has 1 aromatic heterocycles. The number of amides is 1. The Bertz CT molecular complexity index is 697. The van der Waals surface area contributed by atoms with E-state index in [1.807, 2.05) is 6.92 Å². The van der Waals surface area contributed by atoms with Crippen molar-refractivity contribution in [2.45, 2.75) is 36.7 Å². The van der Waals surface area contributed by atoms with Gasteiger partial charge in [0.05, 0.1) is 0 Å². The molecule has 7 nitrogen and oxygen atoms in total. The molecule has 2 unspecified atom stereocenters. The van der Waals surface area contributed by atoms with Crippen LogP contribution in [0.15, 0.2) is 17.2 Å². The second kappa shape index (κ2) is 5.36. The third-order valence-electron chi connectivity index (χ3n) is 4.72. The van der Waals surface area contributed by atoms with Crippen LogP contribution in [0.25, 0.3) is 0 Å². The number of primary amides is 1. The third kappa shape index (κ3) is 2.45. The van der Waals surface area contributed by atoms with Gasteiger partial charge in [-0.2, -0.15) is 4.31 Å². The van der Waals surface area contributed by atoms with Crippen molar-refractivity contribution >= 4 is 15.9 Å². The molecule has 0 radical (unpaired) electrons. The van der Waals surface area contributed by atoms with E-state index in [2.05, 4.69) is 4.90 Å². The first-order chi connectivity index (χ1) is 10.3. The lowest BCUT2D eigenvalue weighted by Gasteiger charge is -2.41. The van der Waals surface area contributed by atoms with E-state index >= 15 is 0 Å². The van der Waals surface area contributed by atoms with Gasteiger partial charge < -0.3 is 10.3 Å². The first-order valence-electron chi connectivity index (χ1n) is 7.53. The van der Waals surface area contributed by atoms with Gasteiger partial charge in [0.25, 0.3) is 5.91 Å². The number of aryl methyl sites for hydroxylation is 1. The minimum Gasteiger partial charge on any atom is -0.364 e. The van der Waals surface area contributed by atoms with Crippen LogP contribution in [-0.4, -0.2) is 59.8 Å². The first kappa shape index (κ1) is 15.5. The Balaban J connectivity index is 1.92. The zero-order valence-corrected chi connectivity index (χ0v) is 13.7. The molecule has 3 rings (SSSR count). The smallest absolute Gasteiger partial charge is 0.265 e. The number of rotatable bonds is 3. The van der Waals surface area contributed by atoms with Gasteiger partial charge in [-0.25, -0.2) is 8.42 Å².